The first kappa shape index (κ1) is 17.5. The second-order valence-electron chi connectivity index (χ2n) is 6.05. The molecule has 8 nitrogen and oxygen atoms in total. The molecule has 0 aliphatic carbocycles. The van der Waals surface area contributed by atoms with Crippen LogP contribution in [0.3, 0.4) is 0 Å². The van der Waals surface area contributed by atoms with Crippen molar-refractivity contribution >= 4 is 23.5 Å². The van der Waals surface area contributed by atoms with Crippen molar-refractivity contribution in [1.29, 1.82) is 0 Å². The maximum Gasteiger partial charge on any atom is 0.233 e. The summed E-state index contributed by atoms with van der Waals surface area (Å²) in [5, 5.41) is 12.4. The number of hydrogen-bond donors (Lipinski definition) is 0. The van der Waals surface area contributed by atoms with E-state index < -0.39 is 0 Å². The number of anilines is 1. The minimum absolute atomic E-state index is 0.100. The van der Waals surface area contributed by atoms with Crippen LogP contribution >= 0.6 is 11.8 Å². The Morgan fingerprint density at radius 1 is 1.00 bits per heavy atom. The molecule has 1 aliphatic rings. The van der Waals surface area contributed by atoms with Crippen LogP contribution in [0.25, 0.3) is 5.69 Å². The summed E-state index contributed by atoms with van der Waals surface area (Å²) in [6, 6.07) is 15.5. The summed E-state index contributed by atoms with van der Waals surface area (Å²) in [6.07, 6.45) is 1.79. The van der Waals surface area contributed by atoms with Gasteiger partial charge in [0, 0.05) is 32.4 Å². The number of para-hydroxylation sites is 1. The fourth-order valence-corrected chi connectivity index (χ4v) is 3.74. The van der Waals surface area contributed by atoms with Gasteiger partial charge >= 0.3 is 0 Å². The molecule has 0 spiro atoms. The first-order valence-corrected chi connectivity index (χ1v) is 9.70. The molecule has 3 aromatic rings. The number of nitrogens with zero attached hydrogens (tertiary/aromatic N) is 7. The second-order valence-corrected chi connectivity index (χ2v) is 7.00. The fourth-order valence-electron chi connectivity index (χ4n) is 2.94. The van der Waals surface area contributed by atoms with Crippen molar-refractivity contribution in [2.24, 2.45) is 0 Å². The number of hydrogen-bond acceptors (Lipinski definition) is 7. The number of pyridine rings is 1. The van der Waals surface area contributed by atoms with E-state index in [0.29, 0.717) is 24.0 Å². The van der Waals surface area contributed by atoms with Gasteiger partial charge in [-0.2, -0.15) is 4.68 Å². The van der Waals surface area contributed by atoms with Gasteiger partial charge in [0.05, 0.1) is 11.4 Å². The first-order chi connectivity index (χ1) is 13.3. The van der Waals surface area contributed by atoms with Crippen LogP contribution in [-0.4, -0.2) is 67.9 Å². The highest BCUT2D eigenvalue weighted by Gasteiger charge is 2.22. The molecule has 4 rings (SSSR count). The van der Waals surface area contributed by atoms with E-state index in [-0.39, 0.29) is 5.91 Å². The van der Waals surface area contributed by atoms with E-state index in [1.54, 1.807) is 10.9 Å². The summed E-state index contributed by atoms with van der Waals surface area (Å²) in [6.45, 7) is 2.96. The Labute approximate surface area is 161 Å². The number of rotatable bonds is 5. The van der Waals surface area contributed by atoms with Gasteiger partial charge in [0.15, 0.2) is 0 Å². The quantitative estimate of drug-likeness (QED) is 0.620. The molecule has 138 valence electrons. The van der Waals surface area contributed by atoms with E-state index in [9.17, 15) is 4.79 Å². The van der Waals surface area contributed by atoms with E-state index in [0.717, 1.165) is 24.6 Å². The monoisotopic (exact) mass is 381 g/mol. The molecule has 1 aliphatic heterocycles. The number of piperazine rings is 1. The summed E-state index contributed by atoms with van der Waals surface area (Å²) in [5.74, 6) is 1.38. The average Bonchev–Trinajstić information content (AvgIpc) is 3.22. The predicted octanol–water partition coefficient (Wildman–Crippen LogP) is 1.50. The van der Waals surface area contributed by atoms with Crippen LogP contribution < -0.4 is 4.90 Å². The van der Waals surface area contributed by atoms with Crippen LogP contribution in [0.4, 0.5) is 5.82 Å². The molecule has 1 fully saturated rings. The zero-order chi connectivity index (χ0) is 18.5. The predicted molar refractivity (Wildman–Crippen MR) is 103 cm³/mol. The molecule has 0 bridgehead atoms. The third-order valence-electron chi connectivity index (χ3n) is 4.37. The molecule has 0 unspecified atom stereocenters. The molecule has 0 radical (unpaired) electrons. The average molecular weight is 381 g/mol. The van der Waals surface area contributed by atoms with E-state index in [1.165, 1.54) is 11.8 Å². The molecule has 0 N–H and O–H groups in total. The topological polar surface area (TPSA) is 80.0 Å². The van der Waals surface area contributed by atoms with Gasteiger partial charge in [0.2, 0.25) is 11.1 Å². The highest BCUT2D eigenvalue weighted by Crippen LogP contribution is 2.19. The third-order valence-corrected chi connectivity index (χ3v) is 5.28. The molecule has 1 aromatic carbocycles. The normalized spacial score (nSPS) is 14.4. The number of tetrazole rings is 1. The van der Waals surface area contributed by atoms with Crippen LogP contribution in [0, 0.1) is 0 Å². The van der Waals surface area contributed by atoms with Gasteiger partial charge in [-0.3, -0.25) is 4.79 Å². The molecule has 0 atom stereocenters. The maximum absolute atomic E-state index is 12.6. The molecule has 9 heteroatoms. The molecular weight excluding hydrogens is 362 g/mol. The highest BCUT2D eigenvalue weighted by molar-refractivity contribution is 7.99. The van der Waals surface area contributed by atoms with Gasteiger partial charge in [-0.15, -0.1) is 5.10 Å². The van der Waals surface area contributed by atoms with Gasteiger partial charge in [-0.05, 0) is 34.7 Å². The Kier molecular flexibility index (Phi) is 5.29. The lowest BCUT2D eigenvalue weighted by Gasteiger charge is -2.35. The van der Waals surface area contributed by atoms with Gasteiger partial charge in [0.25, 0.3) is 0 Å². The van der Waals surface area contributed by atoms with E-state index in [4.69, 9.17) is 0 Å². The van der Waals surface area contributed by atoms with Crippen molar-refractivity contribution in [1.82, 2.24) is 30.1 Å². The van der Waals surface area contributed by atoms with Crippen molar-refractivity contribution in [3.63, 3.8) is 0 Å². The van der Waals surface area contributed by atoms with Crippen molar-refractivity contribution in [2.75, 3.05) is 36.8 Å². The van der Waals surface area contributed by atoms with Gasteiger partial charge in [-0.25, -0.2) is 4.98 Å². The lowest BCUT2D eigenvalue weighted by molar-refractivity contribution is -0.128. The van der Waals surface area contributed by atoms with Gasteiger partial charge in [-0.1, -0.05) is 36.0 Å². The SMILES string of the molecule is O=C(CSc1nnnn1-c1ccccc1)N1CCN(c2ccccn2)CC1. The summed E-state index contributed by atoms with van der Waals surface area (Å²) < 4.78 is 1.65. The van der Waals surface area contributed by atoms with Crippen molar-refractivity contribution in [3.05, 3.63) is 54.7 Å². The van der Waals surface area contributed by atoms with Gasteiger partial charge in [0.1, 0.15) is 5.82 Å². The molecule has 2 aromatic heterocycles. The number of aromatic nitrogens is 5. The Morgan fingerprint density at radius 3 is 2.52 bits per heavy atom. The minimum Gasteiger partial charge on any atom is -0.353 e. The van der Waals surface area contributed by atoms with Crippen LogP contribution in [0.5, 0.6) is 0 Å². The zero-order valence-corrected chi connectivity index (χ0v) is 15.5. The minimum atomic E-state index is 0.100. The third kappa shape index (κ3) is 4.08. The molecule has 3 heterocycles. The Bertz CT molecular complexity index is 879. The van der Waals surface area contributed by atoms with E-state index in [2.05, 4.69) is 25.4 Å². The summed E-state index contributed by atoms with van der Waals surface area (Å²) in [5.41, 5.74) is 0.876. The summed E-state index contributed by atoms with van der Waals surface area (Å²) in [7, 11) is 0. The van der Waals surface area contributed by atoms with Crippen molar-refractivity contribution in [3.8, 4) is 5.69 Å². The van der Waals surface area contributed by atoms with E-state index in [1.807, 2.05) is 53.4 Å². The van der Waals surface area contributed by atoms with Gasteiger partial charge < -0.3 is 9.80 Å². The molecule has 1 amide bonds. The number of benzene rings is 1. The molecule has 1 saturated heterocycles. The molecule has 27 heavy (non-hydrogen) atoms. The second kappa shape index (κ2) is 8.17. The molecule has 0 saturated carbocycles. The fraction of sp³-hybridized carbons (Fsp3) is 0.278. The summed E-state index contributed by atoms with van der Waals surface area (Å²) in [4.78, 5) is 21.0. The Hall–Kier alpha value is -2.94. The smallest absolute Gasteiger partial charge is 0.233 e. The Balaban J connectivity index is 1.32. The largest absolute Gasteiger partial charge is 0.353 e. The summed E-state index contributed by atoms with van der Waals surface area (Å²) >= 11 is 1.36. The van der Waals surface area contributed by atoms with Crippen molar-refractivity contribution in [2.45, 2.75) is 5.16 Å². The highest BCUT2D eigenvalue weighted by atomic mass is 32.2. The van der Waals surface area contributed by atoms with Crippen LogP contribution in [0.1, 0.15) is 0 Å². The number of amides is 1. The standard InChI is InChI=1S/C18H19N7OS/c26-17(24-12-10-23(11-13-24)16-8-4-5-9-19-16)14-27-18-20-21-22-25(18)15-6-2-1-3-7-15/h1-9H,10-14H2. The van der Waals surface area contributed by atoms with Crippen LogP contribution in [0.15, 0.2) is 59.9 Å². The first-order valence-electron chi connectivity index (χ1n) is 8.71. The maximum atomic E-state index is 12.6. The van der Waals surface area contributed by atoms with E-state index >= 15 is 0 Å². The number of carbonyl (C=O) groups is 1. The van der Waals surface area contributed by atoms with Crippen molar-refractivity contribution < 1.29 is 4.79 Å². The number of carbonyl (C=O) groups excluding carboxylic acids is 1. The molecular formula is C18H19N7OS. The lowest BCUT2D eigenvalue weighted by atomic mass is 10.3. The lowest BCUT2D eigenvalue weighted by Crippen LogP contribution is -2.49. The number of thioether (sulfide) groups is 1. The van der Waals surface area contributed by atoms with Crippen LogP contribution in [0.2, 0.25) is 0 Å². The zero-order valence-electron chi connectivity index (χ0n) is 14.7. The Morgan fingerprint density at radius 2 is 1.78 bits per heavy atom. The van der Waals surface area contributed by atoms with Crippen LogP contribution in [-0.2, 0) is 4.79 Å².